The maximum absolute atomic E-state index is 13.1. The predicted octanol–water partition coefficient (Wildman–Crippen LogP) is 3.59. The molecule has 5 nitrogen and oxygen atoms in total. The summed E-state index contributed by atoms with van der Waals surface area (Å²) in [6, 6.07) is 16.7. The molecule has 0 unspecified atom stereocenters. The smallest absolute Gasteiger partial charge is 0.243 e. The Morgan fingerprint density at radius 2 is 1.72 bits per heavy atom. The average Bonchev–Trinajstić information content (AvgIpc) is 2.75. The summed E-state index contributed by atoms with van der Waals surface area (Å²) in [7, 11) is 1.61. The van der Waals surface area contributed by atoms with Crippen LogP contribution in [0.15, 0.2) is 67.3 Å². The first-order chi connectivity index (χ1) is 14.0. The fourth-order valence-electron chi connectivity index (χ4n) is 3.07. The first-order valence-electron chi connectivity index (χ1n) is 9.82. The van der Waals surface area contributed by atoms with E-state index in [1.807, 2.05) is 68.4 Å². The monoisotopic (exact) mass is 394 g/mol. The molecule has 0 heterocycles. The van der Waals surface area contributed by atoms with Crippen molar-refractivity contribution in [1.29, 1.82) is 0 Å². The van der Waals surface area contributed by atoms with Gasteiger partial charge in [0, 0.05) is 25.4 Å². The van der Waals surface area contributed by atoms with Crippen molar-refractivity contribution in [2.24, 2.45) is 5.92 Å². The zero-order valence-electron chi connectivity index (χ0n) is 17.4. The van der Waals surface area contributed by atoms with E-state index in [1.54, 1.807) is 18.1 Å². The van der Waals surface area contributed by atoms with Gasteiger partial charge in [-0.1, -0.05) is 62.4 Å². The molecule has 2 aromatic rings. The molecule has 0 aliphatic carbocycles. The van der Waals surface area contributed by atoms with Crippen molar-refractivity contribution in [3.63, 3.8) is 0 Å². The minimum absolute atomic E-state index is 0.0597. The molecule has 0 fully saturated rings. The molecule has 0 saturated heterocycles. The molecule has 2 aromatic carbocycles. The lowest BCUT2D eigenvalue weighted by Crippen LogP contribution is -2.51. The summed E-state index contributed by atoms with van der Waals surface area (Å²) < 4.78 is 5.21. The Kier molecular flexibility index (Phi) is 8.46. The summed E-state index contributed by atoms with van der Waals surface area (Å²) in [5, 5.41) is 2.86. The van der Waals surface area contributed by atoms with Gasteiger partial charge in [0.25, 0.3) is 0 Å². The van der Waals surface area contributed by atoms with E-state index in [2.05, 4.69) is 11.9 Å². The van der Waals surface area contributed by atoms with E-state index in [-0.39, 0.29) is 17.7 Å². The van der Waals surface area contributed by atoms with Gasteiger partial charge in [-0.15, -0.1) is 6.58 Å². The van der Waals surface area contributed by atoms with Crippen LogP contribution in [0.3, 0.4) is 0 Å². The molecule has 1 atom stereocenters. The molecule has 2 rings (SSSR count). The van der Waals surface area contributed by atoms with E-state index < -0.39 is 6.04 Å². The summed E-state index contributed by atoms with van der Waals surface area (Å²) in [6.45, 7) is 8.07. The third-order valence-corrected chi connectivity index (χ3v) is 4.66. The van der Waals surface area contributed by atoms with Crippen LogP contribution in [0.5, 0.6) is 5.75 Å². The first kappa shape index (κ1) is 22.2. The van der Waals surface area contributed by atoms with Gasteiger partial charge >= 0.3 is 0 Å². The fourth-order valence-corrected chi connectivity index (χ4v) is 3.07. The molecule has 0 radical (unpaired) electrons. The number of hydrogen-bond donors (Lipinski definition) is 1. The lowest BCUT2D eigenvalue weighted by Gasteiger charge is -2.32. The van der Waals surface area contributed by atoms with Gasteiger partial charge in [-0.3, -0.25) is 9.59 Å². The second-order valence-electron chi connectivity index (χ2n) is 7.21. The number of nitrogens with zero attached hydrogens (tertiary/aromatic N) is 1. The summed E-state index contributed by atoms with van der Waals surface area (Å²) >= 11 is 0. The van der Waals surface area contributed by atoms with E-state index in [0.29, 0.717) is 19.5 Å². The molecule has 0 aliphatic rings. The minimum atomic E-state index is -0.616. The van der Waals surface area contributed by atoms with Crippen LogP contribution >= 0.6 is 0 Å². The average molecular weight is 395 g/mol. The number of nitrogens with one attached hydrogen (secondary N) is 1. The number of methoxy groups -OCH3 is 1. The highest BCUT2D eigenvalue weighted by molar-refractivity contribution is 5.88. The number of ether oxygens (including phenoxy) is 1. The number of carbonyl (C=O) groups is 2. The molecular weight excluding hydrogens is 364 g/mol. The van der Waals surface area contributed by atoms with Crippen LogP contribution in [0, 0.1) is 5.92 Å². The SMILES string of the molecule is C=CCNC(=O)[C@H](Cc1ccccc1)N(Cc1ccc(OC)cc1)C(=O)C(C)C. The first-order valence-corrected chi connectivity index (χ1v) is 9.82. The maximum Gasteiger partial charge on any atom is 0.243 e. The quantitative estimate of drug-likeness (QED) is 0.627. The topological polar surface area (TPSA) is 58.6 Å². The Bertz CT molecular complexity index is 801. The number of amides is 2. The van der Waals surface area contributed by atoms with Gasteiger partial charge < -0.3 is 15.0 Å². The summed E-state index contributed by atoms with van der Waals surface area (Å²) in [5.41, 5.74) is 1.94. The van der Waals surface area contributed by atoms with Crippen molar-refractivity contribution in [1.82, 2.24) is 10.2 Å². The normalized spacial score (nSPS) is 11.6. The van der Waals surface area contributed by atoms with E-state index in [0.717, 1.165) is 16.9 Å². The van der Waals surface area contributed by atoms with Crippen molar-refractivity contribution in [3.8, 4) is 5.75 Å². The van der Waals surface area contributed by atoms with E-state index in [1.165, 1.54) is 0 Å². The van der Waals surface area contributed by atoms with Crippen LogP contribution in [0.2, 0.25) is 0 Å². The van der Waals surface area contributed by atoms with E-state index in [4.69, 9.17) is 4.74 Å². The number of hydrogen-bond acceptors (Lipinski definition) is 3. The maximum atomic E-state index is 13.1. The summed E-state index contributed by atoms with van der Waals surface area (Å²) in [4.78, 5) is 27.8. The second-order valence-corrected chi connectivity index (χ2v) is 7.21. The highest BCUT2D eigenvalue weighted by atomic mass is 16.5. The van der Waals surface area contributed by atoms with Gasteiger partial charge in [0.05, 0.1) is 7.11 Å². The lowest BCUT2D eigenvalue weighted by molar-refractivity contribution is -0.143. The molecule has 0 saturated carbocycles. The molecule has 0 aliphatic heterocycles. The predicted molar refractivity (Wildman–Crippen MR) is 116 cm³/mol. The van der Waals surface area contributed by atoms with Crippen molar-refractivity contribution in [2.75, 3.05) is 13.7 Å². The summed E-state index contributed by atoms with van der Waals surface area (Å²) in [6.07, 6.45) is 2.08. The highest BCUT2D eigenvalue weighted by Gasteiger charge is 2.31. The Morgan fingerprint density at radius 3 is 2.28 bits per heavy atom. The standard InChI is InChI=1S/C24H30N2O3/c1-5-15-25-23(27)22(16-19-9-7-6-8-10-19)26(24(28)18(2)3)17-20-11-13-21(29-4)14-12-20/h5-14,18,22H,1,15-17H2,2-4H3,(H,25,27)/t22-/m0/s1. The number of rotatable bonds is 10. The second kappa shape index (κ2) is 11.1. The van der Waals surface area contributed by atoms with Crippen molar-refractivity contribution >= 4 is 11.8 Å². The fraction of sp³-hybridized carbons (Fsp3) is 0.333. The van der Waals surface area contributed by atoms with Crippen LogP contribution < -0.4 is 10.1 Å². The van der Waals surface area contributed by atoms with Crippen LogP contribution in [0.1, 0.15) is 25.0 Å². The zero-order valence-corrected chi connectivity index (χ0v) is 17.4. The third-order valence-electron chi connectivity index (χ3n) is 4.66. The van der Waals surface area contributed by atoms with Gasteiger partial charge in [0.2, 0.25) is 11.8 Å². The van der Waals surface area contributed by atoms with Gasteiger partial charge in [-0.2, -0.15) is 0 Å². The molecule has 0 spiro atoms. The molecule has 0 bridgehead atoms. The number of carbonyl (C=O) groups excluding carboxylic acids is 2. The molecule has 0 aromatic heterocycles. The molecule has 5 heteroatoms. The third kappa shape index (κ3) is 6.49. The molecule has 1 N–H and O–H groups in total. The van der Waals surface area contributed by atoms with Gasteiger partial charge in [-0.25, -0.2) is 0 Å². The van der Waals surface area contributed by atoms with Gasteiger partial charge in [0.1, 0.15) is 11.8 Å². The van der Waals surface area contributed by atoms with Crippen LogP contribution in [0.25, 0.3) is 0 Å². The molecule has 154 valence electrons. The minimum Gasteiger partial charge on any atom is -0.497 e. The number of benzene rings is 2. The van der Waals surface area contributed by atoms with E-state index in [9.17, 15) is 9.59 Å². The van der Waals surface area contributed by atoms with Crippen LogP contribution in [-0.4, -0.2) is 36.4 Å². The summed E-state index contributed by atoms with van der Waals surface area (Å²) in [5.74, 6) is 0.283. The van der Waals surface area contributed by atoms with Gasteiger partial charge in [-0.05, 0) is 23.3 Å². The Morgan fingerprint density at radius 1 is 1.07 bits per heavy atom. The Balaban J connectivity index is 2.36. The van der Waals surface area contributed by atoms with Crippen molar-refractivity contribution in [3.05, 3.63) is 78.4 Å². The van der Waals surface area contributed by atoms with Crippen molar-refractivity contribution in [2.45, 2.75) is 32.9 Å². The lowest BCUT2D eigenvalue weighted by atomic mass is 10.0. The molecular formula is C24H30N2O3. The van der Waals surface area contributed by atoms with Crippen LogP contribution in [-0.2, 0) is 22.6 Å². The largest absolute Gasteiger partial charge is 0.497 e. The molecule has 2 amide bonds. The Labute approximate surface area is 173 Å². The highest BCUT2D eigenvalue weighted by Crippen LogP contribution is 2.19. The van der Waals surface area contributed by atoms with Crippen LogP contribution in [0.4, 0.5) is 0 Å². The van der Waals surface area contributed by atoms with E-state index >= 15 is 0 Å². The van der Waals surface area contributed by atoms with Crippen molar-refractivity contribution < 1.29 is 14.3 Å². The Hall–Kier alpha value is -3.08. The zero-order chi connectivity index (χ0) is 21.2. The van der Waals surface area contributed by atoms with Gasteiger partial charge in [0.15, 0.2) is 0 Å². The molecule has 29 heavy (non-hydrogen) atoms.